The maximum atomic E-state index is 14.2. The van der Waals surface area contributed by atoms with Crippen LogP contribution in [0, 0.1) is 0 Å². The van der Waals surface area contributed by atoms with E-state index in [1.807, 2.05) is 24.3 Å². The van der Waals surface area contributed by atoms with Crippen molar-refractivity contribution in [1.82, 2.24) is 20.0 Å². The van der Waals surface area contributed by atoms with E-state index in [1.165, 1.54) is 45.6 Å². The molecule has 27 heteroatoms. The molecule has 6 aromatic rings. The number of ether oxygens (including phenoxy) is 10. The van der Waals surface area contributed by atoms with Crippen molar-refractivity contribution in [2.45, 2.75) is 89.4 Å². The molecule has 4 heterocycles. The first-order valence-corrected chi connectivity index (χ1v) is 35.0. The molecule has 3 fully saturated rings. The first-order valence-electron chi connectivity index (χ1n) is 33.9. The van der Waals surface area contributed by atoms with Crippen LogP contribution in [0.2, 0.25) is 0 Å². The molecule has 5 aliphatic rings. The Kier molecular flexibility index (Phi) is 29.2. The van der Waals surface area contributed by atoms with Crippen LogP contribution in [0.3, 0.4) is 0 Å². The lowest BCUT2D eigenvalue weighted by Crippen LogP contribution is -2.51. The smallest absolute Gasteiger partial charge is 0.412 e. The highest BCUT2D eigenvalue weighted by Gasteiger charge is 2.46. The van der Waals surface area contributed by atoms with Crippen molar-refractivity contribution in [3.8, 4) is 57.1 Å². The average Bonchev–Trinajstić information content (AvgIpc) is 1.63. The van der Waals surface area contributed by atoms with Gasteiger partial charge in [0.15, 0.2) is 52.2 Å². The van der Waals surface area contributed by atoms with Crippen LogP contribution in [0.5, 0.6) is 46.0 Å². The highest BCUT2D eigenvalue weighted by molar-refractivity contribution is 6.40. The van der Waals surface area contributed by atoms with E-state index in [0.717, 1.165) is 78.6 Å². The molecule has 0 aromatic heterocycles. The number of hydrogen-bond acceptors (Lipinski definition) is 20. The Labute approximate surface area is 610 Å². The van der Waals surface area contributed by atoms with Crippen LogP contribution < -0.4 is 60.4 Å². The number of likely N-dealkylation sites (tertiary alicyclic amines) is 1. The van der Waals surface area contributed by atoms with Gasteiger partial charge >= 0.3 is 18.0 Å². The van der Waals surface area contributed by atoms with Crippen molar-refractivity contribution < 1.29 is 81.6 Å². The topological polar surface area (TPSA) is 330 Å². The second kappa shape index (κ2) is 38.3. The number of amides is 3. The van der Waals surface area contributed by atoms with E-state index in [1.54, 1.807) is 52.3 Å². The van der Waals surface area contributed by atoms with Gasteiger partial charge in [-0.15, -0.1) is 23.2 Å². The molecule has 11 rings (SSSR count). The van der Waals surface area contributed by atoms with Gasteiger partial charge in [0.25, 0.3) is 11.8 Å². The Balaban J connectivity index is 0.000000255. The summed E-state index contributed by atoms with van der Waals surface area (Å²) < 4.78 is 57.2. The number of alkyl halides is 2. The summed E-state index contributed by atoms with van der Waals surface area (Å²) in [4.78, 5) is 73.1. The van der Waals surface area contributed by atoms with Crippen LogP contribution >= 0.6 is 23.2 Å². The highest BCUT2D eigenvalue weighted by atomic mass is 35.5. The molecule has 4 aliphatic heterocycles. The van der Waals surface area contributed by atoms with Crippen molar-refractivity contribution in [3.63, 3.8) is 0 Å². The van der Waals surface area contributed by atoms with Crippen molar-refractivity contribution in [1.29, 1.82) is 0 Å². The molecule has 0 saturated carbocycles. The van der Waals surface area contributed by atoms with Gasteiger partial charge in [0.1, 0.15) is 6.61 Å². The van der Waals surface area contributed by atoms with E-state index in [2.05, 4.69) is 61.6 Å². The van der Waals surface area contributed by atoms with Crippen LogP contribution in [-0.2, 0) is 9.47 Å². The monoisotopic (exact) mass is 1460 g/mol. The number of carboxylic acid groups (broad SMARTS) is 2. The lowest BCUT2D eigenvalue weighted by molar-refractivity contribution is -0.0211. The fraction of sp³-hybridized carbons (Fsp3) is 0.395. The number of nitrogens with two attached hydrogens (primary N) is 3. The fourth-order valence-corrected chi connectivity index (χ4v) is 12.6. The number of carboxylic acids is 2. The van der Waals surface area contributed by atoms with Crippen LogP contribution in [-0.4, -0.2) is 185 Å². The van der Waals surface area contributed by atoms with Crippen LogP contribution in [0.1, 0.15) is 124 Å². The first-order chi connectivity index (χ1) is 49.7. The number of methoxy groups -OCH3 is 4. The van der Waals surface area contributed by atoms with Gasteiger partial charge in [-0.25, -0.2) is 14.4 Å². The van der Waals surface area contributed by atoms with E-state index in [-0.39, 0.29) is 81.8 Å². The van der Waals surface area contributed by atoms with Crippen LogP contribution in [0.15, 0.2) is 126 Å². The minimum Gasteiger partial charge on any atom is -0.493 e. The summed E-state index contributed by atoms with van der Waals surface area (Å²) in [7, 11) is 5.91. The Bertz CT molecular complexity index is 3980. The minimum atomic E-state index is -1.15. The molecule has 9 N–H and O–H groups in total. The van der Waals surface area contributed by atoms with E-state index >= 15 is 0 Å². The lowest BCUT2D eigenvalue weighted by atomic mass is 9.98. The number of rotatable bonds is 28. The summed E-state index contributed by atoms with van der Waals surface area (Å²) in [5, 5.41) is 21.8. The van der Waals surface area contributed by atoms with Crippen molar-refractivity contribution in [3.05, 3.63) is 155 Å². The molecule has 3 amide bonds. The zero-order valence-corrected chi connectivity index (χ0v) is 60.5. The standard InChI is InChI=1S/C44H48N4O10.C27H31N3O7.C4H11N.CH2Cl2/c1-26-19-36(42-47(15-18-57-42)44(52)58-25-33-29-13-7-5-11-27(29)28-12-6-8-14-30(28)33)48(24-26)41(49)31-20-37(53-2)39(22-34(31)45)55-16-9-4-10-17-56-40-23-35(46)32(43(50)51)21-38(40)54-3;1-16-9-17-14-29-21-13-25(23(35-3)11-19(21)26(31)30(17)15-16)37-8-6-4-5-7-36-24-12-20(28)18(27(32)33)10-22(24)34-2;1-3-5-4-2;2-1-3/h5-8,11-14,20-23,33,36,42H,1,4,9-10,15-19,24-25,45-46H2,2-3H3,(H,50,51);10-14,17H,1,4-9,15,28H2,2-3H3,(H,32,33);5H,3-4H2,1-2H3;1H2/t36-,42?;17-;;/m00../s1. The number of halogens is 2. The lowest BCUT2D eigenvalue weighted by Gasteiger charge is -2.33. The molecule has 25 nitrogen and oxygen atoms in total. The maximum absolute atomic E-state index is 14.2. The number of anilines is 3. The SMILES string of the molecule is C=C1C[C@@H](C2OCCN2C(=O)OCC2c3ccccc3-c3ccccc32)N(C(=O)c2cc(OC)c(OCCCCCOc3cc(N)c(C(=O)O)cc3OC)cc2N)C1.C=C1C[C@H]2C=Nc3cc(OCCCCCOc4cc(N)c(C(=O)O)cc4OC)c(OC)cc3C(=O)N2C1.CCNCC.ClCCl. The van der Waals surface area contributed by atoms with Gasteiger partial charge < -0.3 is 89.9 Å². The third kappa shape index (κ3) is 19.8. The minimum absolute atomic E-state index is 0.0316. The number of nitrogen functional groups attached to an aromatic ring is 3. The van der Waals surface area contributed by atoms with Crippen LogP contribution in [0.4, 0.5) is 27.5 Å². The summed E-state index contributed by atoms with van der Waals surface area (Å²) in [6, 6.07) is 28.0. The zero-order chi connectivity index (χ0) is 74.3. The Morgan fingerprint density at radius 2 is 1.04 bits per heavy atom. The van der Waals surface area contributed by atoms with Gasteiger partial charge in [-0.1, -0.05) is 86.7 Å². The molecular formula is C76H92Cl2N8O17. The van der Waals surface area contributed by atoms with Gasteiger partial charge in [0.05, 0.1) is 125 Å². The number of fused-ring (bicyclic) bond motifs is 5. The van der Waals surface area contributed by atoms with E-state index in [4.69, 9.17) is 87.8 Å². The predicted octanol–water partition coefficient (Wildman–Crippen LogP) is 12.7. The normalized spacial score (nSPS) is 16.1. The molecule has 552 valence electrons. The van der Waals surface area contributed by atoms with Gasteiger partial charge in [-0.2, -0.15) is 0 Å². The van der Waals surface area contributed by atoms with Gasteiger partial charge in [0, 0.05) is 67.3 Å². The number of nitrogens with zero attached hydrogens (tertiary/aromatic N) is 4. The van der Waals surface area contributed by atoms with Gasteiger partial charge in [-0.3, -0.25) is 19.5 Å². The average molecular weight is 1460 g/mol. The van der Waals surface area contributed by atoms with Crippen LogP contribution in [0.25, 0.3) is 11.1 Å². The molecule has 0 bridgehead atoms. The third-order valence-electron chi connectivity index (χ3n) is 17.6. The number of carbonyl (C=O) groups excluding carboxylic acids is 3. The van der Waals surface area contributed by atoms with E-state index in [9.17, 15) is 34.2 Å². The van der Waals surface area contributed by atoms with E-state index in [0.29, 0.717) is 117 Å². The summed E-state index contributed by atoms with van der Waals surface area (Å²) in [6.45, 7) is 17.8. The number of hydrogen-bond donors (Lipinski definition) is 6. The second-order valence-electron chi connectivity index (χ2n) is 24.4. The van der Waals surface area contributed by atoms with Crippen molar-refractivity contribution >= 4 is 82.0 Å². The van der Waals surface area contributed by atoms with Crippen molar-refractivity contribution in [2.24, 2.45) is 4.99 Å². The number of benzene rings is 6. The maximum Gasteiger partial charge on any atom is 0.412 e. The molecule has 1 aliphatic carbocycles. The summed E-state index contributed by atoms with van der Waals surface area (Å²) in [5.74, 6) is 0.341. The molecule has 3 saturated heterocycles. The summed E-state index contributed by atoms with van der Waals surface area (Å²) in [5.41, 5.74) is 26.2. The fourth-order valence-electron chi connectivity index (χ4n) is 12.6. The molecule has 6 aromatic carbocycles. The largest absolute Gasteiger partial charge is 0.493 e. The highest BCUT2D eigenvalue weighted by Crippen LogP contribution is 2.46. The predicted molar refractivity (Wildman–Crippen MR) is 396 cm³/mol. The molecule has 3 atom stereocenters. The number of nitrogens with one attached hydrogen (secondary N) is 1. The number of unbranched alkanes of at least 4 members (excludes halogenated alkanes) is 4. The number of aromatic carboxylic acids is 2. The molecule has 0 spiro atoms. The van der Waals surface area contributed by atoms with E-state index < -0.39 is 30.3 Å². The number of aliphatic imine (C=N–C) groups is 1. The Morgan fingerprint density at radius 3 is 1.50 bits per heavy atom. The Hall–Kier alpha value is -10.1. The molecule has 103 heavy (non-hydrogen) atoms. The molecular weight excluding hydrogens is 1370 g/mol. The summed E-state index contributed by atoms with van der Waals surface area (Å²) in [6.07, 6.45) is 6.22. The molecule has 0 radical (unpaired) electrons. The second-order valence-corrected chi connectivity index (χ2v) is 25.2. The van der Waals surface area contributed by atoms with Gasteiger partial charge in [0.2, 0.25) is 0 Å². The molecule has 1 unspecified atom stereocenters. The zero-order valence-electron chi connectivity index (χ0n) is 59.0. The van der Waals surface area contributed by atoms with Crippen molar-refractivity contribution in [2.75, 3.05) is 123 Å². The van der Waals surface area contributed by atoms with Gasteiger partial charge in [-0.05, 0) is 98.8 Å². The quantitative estimate of drug-likeness (QED) is 0.0115. The number of carbonyl (C=O) groups is 5. The Morgan fingerprint density at radius 1 is 0.592 bits per heavy atom. The summed E-state index contributed by atoms with van der Waals surface area (Å²) >= 11 is 9.53. The first kappa shape index (κ1) is 78.6. The third-order valence-corrected chi connectivity index (χ3v) is 17.6.